The first-order valence-corrected chi connectivity index (χ1v) is 8.64. The van der Waals surface area contributed by atoms with Crippen LogP contribution in [0.5, 0.6) is 17.2 Å². The van der Waals surface area contributed by atoms with Crippen LogP contribution in [0.25, 0.3) is 0 Å². The van der Waals surface area contributed by atoms with Crippen molar-refractivity contribution in [2.45, 2.75) is 12.8 Å². The number of rotatable bonds is 4. The molecule has 0 fully saturated rings. The van der Waals surface area contributed by atoms with Crippen molar-refractivity contribution >= 4 is 5.91 Å². The van der Waals surface area contributed by atoms with Gasteiger partial charge in [-0.2, -0.15) is 0 Å². The van der Waals surface area contributed by atoms with Crippen molar-refractivity contribution in [2.24, 2.45) is 5.92 Å². The summed E-state index contributed by atoms with van der Waals surface area (Å²) in [5.41, 5.74) is 2.13. The number of hydrogen-bond donors (Lipinski definition) is 1. The Bertz CT molecular complexity index is 774. The Hall–Kier alpha value is -2.69. The molecule has 4 rings (SSSR count). The van der Waals surface area contributed by atoms with E-state index in [-0.39, 0.29) is 5.91 Å². The highest BCUT2D eigenvalue weighted by Gasteiger charge is 2.20. The SMILES string of the molecule is O=C(Cc1ccc2c(c1)OCCO2)NCC1COc2ccccc2C1. The standard InChI is InChI=1S/C20H21NO4/c22-20(11-14-5-6-18-19(10-14)24-8-7-23-18)21-12-15-9-16-3-1-2-4-17(16)25-13-15/h1-6,10,15H,7-9,11-13H2,(H,21,22). The Morgan fingerprint density at radius 2 is 1.84 bits per heavy atom. The average molecular weight is 339 g/mol. The van der Waals surface area contributed by atoms with E-state index in [4.69, 9.17) is 14.2 Å². The molecule has 2 aromatic rings. The lowest BCUT2D eigenvalue weighted by molar-refractivity contribution is -0.120. The second kappa shape index (κ2) is 7.05. The Morgan fingerprint density at radius 1 is 1.00 bits per heavy atom. The van der Waals surface area contributed by atoms with Crippen molar-refractivity contribution in [3.8, 4) is 17.2 Å². The normalized spacial score (nSPS) is 18.0. The average Bonchev–Trinajstić information content (AvgIpc) is 2.66. The number of ether oxygens (including phenoxy) is 3. The Labute approximate surface area is 146 Å². The van der Waals surface area contributed by atoms with Gasteiger partial charge in [0.2, 0.25) is 5.91 Å². The van der Waals surface area contributed by atoms with Gasteiger partial charge in [0.25, 0.3) is 0 Å². The molecule has 0 spiro atoms. The molecule has 0 bridgehead atoms. The van der Waals surface area contributed by atoms with Crippen molar-refractivity contribution in [1.29, 1.82) is 0 Å². The topological polar surface area (TPSA) is 56.8 Å². The minimum atomic E-state index is 0.00976. The summed E-state index contributed by atoms with van der Waals surface area (Å²) in [6.45, 7) is 2.38. The third-order valence-corrected chi connectivity index (χ3v) is 4.51. The van der Waals surface area contributed by atoms with Crippen molar-refractivity contribution in [3.05, 3.63) is 53.6 Å². The van der Waals surface area contributed by atoms with E-state index in [0.717, 1.165) is 23.5 Å². The number of fused-ring (bicyclic) bond motifs is 2. The lowest BCUT2D eigenvalue weighted by Crippen LogP contribution is -2.35. The van der Waals surface area contributed by atoms with Crippen LogP contribution in [-0.2, 0) is 17.6 Å². The minimum Gasteiger partial charge on any atom is -0.493 e. The smallest absolute Gasteiger partial charge is 0.224 e. The minimum absolute atomic E-state index is 0.00976. The number of para-hydroxylation sites is 1. The van der Waals surface area contributed by atoms with E-state index in [0.29, 0.717) is 44.5 Å². The third-order valence-electron chi connectivity index (χ3n) is 4.51. The molecule has 2 aliphatic rings. The number of nitrogens with one attached hydrogen (secondary N) is 1. The van der Waals surface area contributed by atoms with Gasteiger partial charge in [-0.1, -0.05) is 24.3 Å². The molecule has 1 atom stereocenters. The highest BCUT2D eigenvalue weighted by Crippen LogP contribution is 2.31. The maximum atomic E-state index is 12.2. The molecule has 0 saturated carbocycles. The Morgan fingerprint density at radius 3 is 2.76 bits per heavy atom. The van der Waals surface area contributed by atoms with Gasteiger partial charge in [0.15, 0.2) is 11.5 Å². The monoisotopic (exact) mass is 339 g/mol. The summed E-state index contributed by atoms with van der Waals surface area (Å²) in [5, 5.41) is 3.02. The van der Waals surface area contributed by atoms with Crippen LogP contribution in [0.3, 0.4) is 0 Å². The van der Waals surface area contributed by atoms with Gasteiger partial charge in [0.05, 0.1) is 13.0 Å². The summed E-state index contributed by atoms with van der Waals surface area (Å²) < 4.78 is 16.8. The van der Waals surface area contributed by atoms with Gasteiger partial charge < -0.3 is 19.5 Å². The Balaban J connectivity index is 1.30. The molecule has 1 unspecified atom stereocenters. The van der Waals surface area contributed by atoms with Crippen LogP contribution in [0.15, 0.2) is 42.5 Å². The molecule has 0 aliphatic carbocycles. The largest absolute Gasteiger partial charge is 0.493 e. The molecule has 5 heteroatoms. The molecule has 0 aromatic heterocycles. The fourth-order valence-electron chi connectivity index (χ4n) is 3.23. The van der Waals surface area contributed by atoms with Crippen LogP contribution in [-0.4, -0.2) is 32.3 Å². The van der Waals surface area contributed by atoms with E-state index in [2.05, 4.69) is 11.4 Å². The predicted molar refractivity (Wildman–Crippen MR) is 93.3 cm³/mol. The molecular weight excluding hydrogens is 318 g/mol. The molecule has 1 amide bonds. The number of benzene rings is 2. The number of carbonyl (C=O) groups is 1. The first kappa shape index (κ1) is 15.8. The van der Waals surface area contributed by atoms with E-state index in [9.17, 15) is 4.79 Å². The summed E-state index contributed by atoms with van der Waals surface area (Å²) in [4.78, 5) is 12.2. The lowest BCUT2D eigenvalue weighted by Gasteiger charge is -2.25. The second-order valence-corrected chi connectivity index (χ2v) is 6.45. The fraction of sp³-hybridized carbons (Fsp3) is 0.350. The zero-order chi connectivity index (χ0) is 17.1. The maximum absolute atomic E-state index is 12.2. The molecule has 25 heavy (non-hydrogen) atoms. The lowest BCUT2D eigenvalue weighted by atomic mass is 9.96. The second-order valence-electron chi connectivity index (χ2n) is 6.45. The van der Waals surface area contributed by atoms with Gasteiger partial charge in [-0.25, -0.2) is 0 Å². The van der Waals surface area contributed by atoms with Crippen LogP contribution in [0, 0.1) is 5.92 Å². The maximum Gasteiger partial charge on any atom is 0.224 e. The van der Waals surface area contributed by atoms with Gasteiger partial charge >= 0.3 is 0 Å². The van der Waals surface area contributed by atoms with Gasteiger partial charge in [0, 0.05) is 12.5 Å². The number of hydrogen-bond acceptors (Lipinski definition) is 4. The van der Waals surface area contributed by atoms with E-state index in [1.54, 1.807) is 0 Å². The molecule has 2 heterocycles. The molecule has 0 saturated heterocycles. The number of amides is 1. The van der Waals surface area contributed by atoms with E-state index >= 15 is 0 Å². The molecule has 5 nitrogen and oxygen atoms in total. The van der Waals surface area contributed by atoms with E-state index in [1.165, 1.54) is 5.56 Å². The van der Waals surface area contributed by atoms with Gasteiger partial charge in [-0.3, -0.25) is 4.79 Å². The first-order valence-electron chi connectivity index (χ1n) is 8.64. The summed E-state index contributed by atoms with van der Waals surface area (Å²) in [7, 11) is 0. The number of carbonyl (C=O) groups excluding carboxylic acids is 1. The molecule has 1 N–H and O–H groups in total. The molecule has 0 radical (unpaired) electrons. The highest BCUT2D eigenvalue weighted by atomic mass is 16.6. The van der Waals surface area contributed by atoms with Crippen LogP contribution >= 0.6 is 0 Å². The fourth-order valence-corrected chi connectivity index (χ4v) is 3.23. The van der Waals surface area contributed by atoms with Crippen molar-refractivity contribution in [1.82, 2.24) is 5.32 Å². The Kier molecular flexibility index (Phi) is 4.46. The van der Waals surface area contributed by atoms with Crippen LogP contribution in [0.1, 0.15) is 11.1 Å². The highest BCUT2D eigenvalue weighted by molar-refractivity contribution is 5.78. The van der Waals surface area contributed by atoms with Crippen LogP contribution < -0.4 is 19.5 Å². The van der Waals surface area contributed by atoms with E-state index < -0.39 is 0 Å². The summed E-state index contributed by atoms with van der Waals surface area (Å²) in [6, 6.07) is 13.7. The molecule has 130 valence electrons. The molecular formula is C20H21NO4. The summed E-state index contributed by atoms with van der Waals surface area (Å²) in [5.74, 6) is 2.73. The van der Waals surface area contributed by atoms with Gasteiger partial charge in [0.1, 0.15) is 19.0 Å². The zero-order valence-electron chi connectivity index (χ0n) is 14.0. The summed E-state index contributed by atoms with van der Waals surface area (Å²) >= 11 is 0. The molecule has 2 aromatic carbocycles. The van der Waals surface area contributed by atoms with Gasteiger partial charge in [-0.15, -0.1) is 0 Å². The summed E-state index contributed by atoms with van der Waals surface area (Å²) in [6.07, 6.45) is 1.27. The quantitative estimate of drug-likeness (QED) is 0.929. The zero-order valence-corrected chi connectivity index (χ0v) is 14.0. The first-order chi connectivity index (χ1) is 12.3. The van der Waals surface area contributed by atoms with Crippen molar-refractivity contribution in [2.75, 3.05) is 26.4 Å². The third kappa shape index (κ3) is 3.71. The predicted octanol–water partition coefficient (Wildman–Crippen LogP) is 2.37. The molecule has 2 aliphatic heterocycles. The van der Waals surface area contributed by atoms with Crippen molar-refractivity contribution < 1.29 is 19.0 Å². The van der Waals surface area contributed by atoms with Crippen LogP contribution in [0.2, 0.25) is 0 Å². The van der Waals surface area contributed by atoms with E-state index in [1.807, 2.05) is 36.4 Å². The van der Waals surface area contributed by atoms with Gasteiger partial charge in [-0.05, 0) is 35.7 Å². The van der Waals surface area contributed by atoms with Crippen molar-refractivity contribution in [3.63, 3.8) is 0 Å². The van der Waals surface area contributed by atoms with Crippen LogP contribution in [0.4, 0.5) is 0 Å².